The fraction of sp³-hybridized carbons (Fsp3) is 0.105. The number of Topliss-reactive ketones (excluding diaryl/α,β-unsaturated/α-hetero) is 1. The molecule has 2 aromatic rings. The van der Waals surface area contributed by atoms with Crippen LogP contribution in [-0.4, -0.2) is 22.8 Å². The smallest absolute Gasteiger partial charge is 0.335 e. The minimum absolute atomic E-state index is 0.0161. The highest BCUT2D eigenvalue weighted by atomic mass is 19.1. The molecule has 0 bridgehead atoms. The maximum atomic E-state index is 14.4. The Bertz CT molecular complexity index is 966. The Kier molecular flexibility index (Phi) is 4.29. The minimum atomic E-state index is -1.25. The third-order valence-corrected chi connectivity index (χ3v) is 4.14. The van der Waals surface area contributed by atoms with Crippen LogP contribution in [0.4, 0.5) is 10.1 Å². The van der Waals surface area contributed by atoms with Crippen molar-refractivity contribution < 1.29 is 29.0 Å². The molecular weight excluding hydrogens is 341 g/mol. The second kappa shape index (κ2) is 6.44. The Labute approximate surface area is 147 Å². The predicted octanol–water partition coefficient (Wildman–Crippen LogP) is 1.82. The number of anilines is 1. The largest absolute Gasteiger partial charge is 0.868 e. The molecule has 6 nitrogen and oxygen atoms in total. The maximum Gasteiger partial charge on any atom is 0.335 e. The summed E-state index contributed by atoms with van der Waals surface area (Å²) < 4.78 is 14.4. The lowest BCUT2D eigenvalue weighted by atomic mass is 9.96. The molecule has 0 saturated carbocycles. The summed E-state index contributed by atoms with van der Waals surface area (Å²) in [5.41, 5.74) is -0.377. The Morgan fingerprint density at radius 1 is 1.15 bits per heavy atom. The number of ketones is 1. The van der Waals surface area contributed by atoms with Crippen LogP contribution in [0, 0.1) is 5.82 Å². The van der Waals surface area contributed by atoms with Gasteiger partial charge in [-0.25, -0.2) is 9.18 Å². The van der Waals surface area contributed by atoms with E-state index in [1.807, 2.05) is 0 Å². The van der Waals surface area contributed by atoms with E-state index in [1.165, 1.54) is 42.5 Å². The van der Waals surface area contributed by atoms with Gasteiger partial charge in [0, 0.05) is 16.8 Å². The van der Waals surface area contributed by atoms with Crippen LogP contribution >= 0.6 is 0 Å². The van der Waals surface area contributed by atoms with Gasteiger partial charge >= 0.3 is 5.97 Å². The van der Waals surface area contributed by atoms with Crippen molar-refractivity contribution in [1.29, 1.82) is 0 Å². The van der Waals surface area contributed by atoms with Crippen LogP contribution in [0.1, 0.15) is 28.9 Å². The molecule has 0 saturated heterocycles. The zero-order valence-corrected chi connectivity index (χ0v) is 13.6. The number of carboxylic acids is 1. The predicted molar refractivity (Wildman–Crippen MR) is 87.7 cm³/mol. The SMILES string of the molecule is CC(=O)C1=C([O-])C(=O)N(c2cccc(C(=O)O)c2)[C@H]1c1ccccc1F. The van der Waals surface area contributed by atoms with Crippen molar-refractivity contribution in [2.24, 2.45) is 0 Å². The molecule has 0 radical (unpaired) electrons. The van der Waals surface area contributed by atoms with Crippen molar-refractivity contribution in [3.05, 3.63) is 76.8 Å². The summed E-state index contributed by atoms with van der Waals surface area (Å²) >= 11 is 0. The first-order valence-electron chi connectivity index (χ1n) is 7.66. The average molecular weight is 354 g/mol. The Morgan fingerprint density at radius 3 is 2.46 bits per heavy atom. The van der Waals surface area contributed by atoms with Crippen LogP contribution in [0.5, 0.6) is 0 Å². The number of carbonyl (C=O) groups excluding carboxylic acids is 2. The van der Waals surface area contributed by atoms with Crippen LogP contribution in [0.3, 0.4) is 0 Å². The number of carboxylic acid groups (broad SMARTS) is 1. The number of aromatic carboxylic acids is 1. The van der Waals surface area contributed by atoms with E-state index in [0.717, 1.165) is 17.9 Å². The fourth-order valence-corrected chi connectivity index (χ4v) is 2.99. The van der Waals surface area contributed by atoms with Crippen molar-refractivity contribution in [3.8, 4) is 0 Å². The van der Waals surface area contributed by atoms with Crippen LogP contribution in [-0.2, 0) is 9.59 Å². The van der Waals surface area contributed by atoms with Crippen molar-refractivity contribution in [2.45, 2.75) is 13.0 Å². The highest BCUT2D eigenvalue weighted by molar-refractivity contribution is 6.16. The highest BCUT2D eigenvalue weighted by Crippen LogP contribution is 2.41. The lowest BCUT2D eigenvalue weighted by molar-refractivity contribution is -0.298. The number of nitrogens with zero attached hydrogens (tertiary/aromatic N) is 1. The molecule has 0 unspecified atom stereocenters. The average Bonchev–Trinajstić information content (AvgIpc) is 2.87. The second-order valence-electron chi connectivity index (χ2n) is 5.75. The van der Waals surface area contributed by atoms with Gasteiger partial charge in [-0.1, -0.05) is 24.3 Å². The topological polar surface area (TPSA) is 97.7 Å². The minimum Gasteiger partial charge on any atom is -0.868 e. The first kappa shape index (κ1) is 17.3. The second-order valence-corrected chi connectivity index (χ2v) is 5.75. The van der Waals surface area contributed by atoms with E-state index >= 15 is 0 Å². The van der Waals surface area contributed by atoms with E-state index in [2.05, 4.69) is 0 Å². The molecule has 132 valence electrons. The van der Waals surface area contributed by atoms with Crippen molar-refractivity contribution >= 4 is 23.3 Å². The van der Waals surface area contributed by atoms with E-state index in [4.69, 9.17) is 5.11 Å². The molecule has 1 N–H and O–H groups in total. The highest BCUT2D eigenvalue weighted by Gasteiger charge is 2.40. The van der Waals surface area contributed by atoms with Crippen LogP contribution in [0.15, 0.2) is 59.9 Å². The summed E-state index contributed by atoms with van der Waals surface area (Å²) in [6, 6.07) is 9.60. The summed E-state index contributed by atoms with van der Waals surface area (Å²) in [5.74, 6) is -4.58. The van der Waals surface area contributed by atoms with Gasteiger partial charge in [-0.2, -0.15) is 0 Å². The summed E-state index contributed by atoms with van der Waals surface area (Å²) in [6.07, 6.45) is 0. The van der Waals surface area contributed by atoms with Crippen LogP contribution in [0.2, 0.25) is 0 Å². The third kappa shape index (κ3) is 2.73. The van der Waals surface area contributed by atoms with Crippen LogP contribution in [0.25, 0.3) is 0 Å². The quantitative estimate of drug-likeness (QED) is 0.903. The number of carbonyl (C=O) groups is 3. The molecule has 1 heterocycles. The Morgan fingerprint density at radius 2 is 1.85 bits per heavy atom. The zero-order valence-electron chi connectivity index (χ0n) is 13.6. The number of hydrogen-bond acceptors (Lipinski definition) is 4. The number of hydrogen-bond donors (Lipinski definition) is 1. The van der Waals surface area contributed by atoms with Crippen molar-refractivity contribution in [2.75, 3.05) is 4.90 Å². The molecule has 26 heavy (non-hydrogen) atoms. The van der Waals surface area contributed by atoms with Crippen molar-refractivity contribution in [1.82, 2.24) is 0 Å². The van der Waals surface area contributed by atoms with Gasteiger partial charge in [0.1, 0.15) is 5.82 Å². The first-order valence-corrected chi connectivity index (χ1v) is 7.66. The molecular formula is C19H13FNO5-. The number of amides is 1. The number of halogens is 1. The molecule has 3 rings (SSSR count). The van der Waals surface area contributed by atoms with Crippen molar-refractivity contribution in [3.63, 3.8) is 0 Å². The van der Waals surface area contributed by atoms with Gasteiger partial charge < -0.3 is 10.2 Å². The van der Waals surface area contributed by atoms with E-state index in [1.54, 1.807) is 0 Å². The lowest BCUT2D eigenvalue weighted by Gasteiger charge is -2.28. The normalized spacial score (nSPS) is 16.9. The van der Waals surface area contributed by atoms with Gasteiger partial charge in [-0.15, -0.1) is 0 Å². The summed E-state index contributed by atoms with van der Waals surface area (Å²) in [7, 11) is 0. The van der Waals surface area contributed by atoms with E-state index < -0.39 is 35.3 Å². The number of benzene rings is 2. The maximum absolute atomic E-state index is 14.4. The molecule has 1 atom stereocenters. The molecule has 1 aliphatic rings. The van der Waals surface area contributed by atoms with Gasteiger partial charge in [-0.3, -0.25) is 14.5 Å². The lowest BCUT2D eigenvalue weighted by Crippen LogP contribution is -2.32. The Balaban J connectivity index is 2.22. The first-order chi connectivity index (χ1) is 12.3. The van der Waals surface area contributed by atoms with E-state index in [0.29, 0.717) is 0 Å². The van der Waals surface area contributed by atoms with Gasteiger partial charge in [0.25, 0.3) is 0 Å². The summed E-state index contributed by atoms with van der Waals surface area (Å²) in [5, 5.41) is 21.5. The third-order valence-electron chi connectivity index (χ3n) is 4.14. The standard InChI is InChI=1S/C19H14FNO5/c1-10(22)15-16(13-7-2-3-8-14(13)20)21(18(24)17(15)23)12-6-4-5-11(9-12)19(25)26/h2-9,16,23H,1H3,(H,25,26)/p-1/t16-/m0/s1. The Hall–Kier alpha value is -3.48. The molecule has 1 amide bonds. The van der Waals surface area contributed by atoms with Gasteiger partial charge in [-0.05, 0) is 36.9 Å². The summed E-state index contributed by atoms with van der Waals surface area (Å²) in [4.78, 5) is 36.7. The molecule has 0 aliphatic carbocycles. The van der Waals surface area contributed by atoms with Gasteiger partial charge in [0.05, 0.1) is 11.6 Å². The van der Waals surface area contributed by atoms with Gasteiger partial charge in [0.15, 0.2) is 5.78 Å². The zero-order chi connectivity index (χ0) is 19.0. The molecule has 7 heteroatoms. The monoisotopic (exact) mass is 354 g/mol. The fourth-order valence-electron chi connectivity index (χ4n) is 2.99. The molecule has 0 spiro atoms. The van der Waals surface area contributed by atoms with E-state index in [-0.39, 0.29) is 22.4 Å². The van der Waals surface area contributed by atoms with Crippen LogP contribution < -0.4 is 10.0 Å². The molecule has 1 aliphatic heterocycles. The van der Waals surface area contributed by atoms with Gasteiger partial charge in [0.2, 0.25) is 5.91 Å². The number of rotatable bonds is 4. The molecule has 0 aromatic heterocycles. The molecule has 0 fully saturated rings. The molecule has 2 aromatic carbocycles. The van der Waals surface area contributed by atoms with E-state index in [9.17, 15) is 23.9 Å². The summed E-state index contributed by atoms with van der Waals surface area (Å²) in [6.45, 7) is 1.13.